The van der Waals surface area contributed by atoms with E-state index in [1.54, 1.807) is 0 Å². The Labute approximate surface area is 88.4 Å². The summed E-state index contributed by atoms with van der Waals surface area (Å²) in [6, 6.07) is 1.42. The molecular weight excluding hydrogens is 258 g/mol. The summed E-state index contributed by atoms with van der Waals surface area (Å²) in [5.74, 6) is 0.0995. The molecule has 3 nitrogen and oxygen atoms in total. The van der Waals surface area contributed by atoms with Crippen LogP contribution in [0.5, 0.6) is 5.88 Å². The summed E-state index contributed by atoms with van der Waals surface area (Å²) in [5.41, 5.74) is 5.79. The standard InChI is InChI=1S/C8H9BrF2N2O/c1-14-6-2-5(12)4(3-9)7(13-6)8(10)11/h2,8H,3H2,1H3,(H2,12,13). The van der Waals surface area contributed by atoms with E-state index >= 15 is 0 Å². The van der Waals surface area contributed by atoms with Gasteiger partial charge in [-0.05, 0) is 0 Å². The fourth-order valence-electron chi connectivity index (χ4n) is 1.02. The quantitative estimate of drug-likeness (QED) is 0.856. The van der Waals surface area contributed by atoms with E-state index in [2.05, 4.69) is 20.9 Å². The summed E-state index contributed by atoms with van der Waals surface area (Å²) >= 11 is 3.08. The highest BCUT2D eigenvalue weighted by Gasteiger charge is 2.18. The van der Waals surface area contributed by atoms with Crippen LogP contribution in [0.25, 0.3) is 0 Å². The number of ether oxygens (including phenoxy) is 1. The molecule has 0 spiro atoms. The molecule has 0 fully saturated rings. The van der Waals surface area contributed by atoms with Crippen LogP contribution in [0.3, 0.4) is 0 Å². The molecular formula is C8H9BrF2N2O. The summed E-state index contributed by atoms with van der Waals surface area (Å²) in [4.78, 5) is 3.64. The molecule has 0 bridgehead atoms. The summed E-state index contributed by atoms with van der Waals surface area (Å²) in [5, 5.41) is 0.246. The molecule has 6 heteroatoms. The fraction of sp³-hybridized carbons (Fsp3) is 0.375. The molecule has 0 aliphatic rings. The van der Waals surface area contributed by atoms with Gasteiger partial charge in [-0.3, -0.25) is 0 Å². The monoisotopic (exact) mass is 266 g/mol. The van der Waals surface area contributed by atoms with Crippen LogP contribution in [0, 0.1) is 0 Å². The van der Waals surface area contributed by atoms with E-state index < -0.39 is 6.43 Å². The first-order valence-corrected chi connectivity index (χ1v) is 4.89. The maximum absolute atomic E-state index is 12.5. The highest BCUT2D eigenvalue weighted by atomic mass is 79.9. The number of rotatable bonds is 3. The molecule has 78 valence electrons. The Morgan fingerprint density at radius 1 is 1.64 bits per heavy atom. The number of aromatic nitrogens is 1. The third-order valence-corrected chi connectivity index (χ3v) is 2.28. The van der Waals surface area contributed by atoms with Gasteiger partial charge in [0.25, 0.3) is 6.43 Å². The van der Waals surface area contributed by atoms with Crippen LogP contribution in [-0.4, -0.2) is 12.1 Å². The van der Waals surface area contributed by atoms with E-state index in [1.807, 2.05) is 0 Å². The second kappa shape index (κ2) is 4.54. The first-order valence-electron chi connectivity index (χ1n) is 3.77. The van der Waals surface area contributed by atoms with E-state index in [1.165, 1.54) is 13.2 Å². The lowest BCUT2D eigenvalue weighted by Crippen LogP contribution is -2.03. The molecule has 2 N–H and O–H groups in total. The molecule has 0 saturated carbocycles. The lowest BCUT2D eigenvalue weighted by atomic mass is 10.2. The van der Waals surface area contributed by atoms with Crippen molar-refractivity contribution < 1.29 is 13.5 Å². The zero-order valence-corrected chi connectivity index (χ0v) is 9.01. The van der Waals surface area contributed by atoms with E-state index in [0.29, 0.717) is 5.56 Å². The maximum Gasteiger partial charge on any atom is 0.280 e. The van der Waals surface area contributed by atoms with Crippen molar-refractivity contribution in [3.63, 3.8) is 0 Å². The van der Waals surface area contributed by atoms with Gasteiger partial charge in [-0.1, -0.05) is 15.9 Å². The zero-order chi connectivity index (χ0) is 10.7. The topological polar surface area (TPSA) is 48.1 Å². The van der Waals surface area contributed by atoms with Crippen LogP contribution < -0.4 is 10.5 Å². The van der Waals surface area contributed by atoms with Crippen molar-refractivity contribution in [1.82, 2.24) is 4.98 Å². The second-order valence-corrected chi connectivity index (χ2v) is 3.11. The van der Waals surface area contributed by atoms with Gasteiger partial charge in [0.2, 0.25) is 5.88 Å². The van der Waals surface area contributed by atoms with E-state index in [-0.39, 0.29) is 22.6 Å². The molecule has 1 aromatic rings. The summed E-state index contributed by atoms with van der Waals surface area (Å²) in [6.45, 7) is 0. The number of hydrogen-bond acceptors (Lipinski definition) is 3. The summed E-state index contributed by atoms with van der Waals surface area (Å²) < 4.78 is 29.8. The number of nitrogens with two attached hydrogens (primary N) is 1. The van der Waals surface area contributed by atoms with Crippen molar-refractivity contribution in [1.29, 1.82) is 0 Å². The molecule has 1 heterocycles. The number of alkyl halides is 3. The first kappa shape index (κ1) is 11.2. The highest BCUT2D eigenvalue weighted by Crippen LogP contribution is 2.29. The Morgan fingerprint density at radius 3 is 2.71 bits per heavy atom. The normalized spacial score (nSPS) is 10.6. The number of hydrogen-bond donors (Lipinski definition) is 1. The SMILES string of the molecule is COc1cc(N)c(CBr)c(C(F)F)n1. The number of nitrogens with zero attached hydrogens (tertiary/aromatic N) is 1. The average molecular weight is 267 g/mol. The number of pyridine rings is 1. The molecule has 1 rings (SSSR count). The maximum atomic E-state index is 12.5. The van der Waals surface area contributed by atoms with Crippen LogP contribution in [0.4, 0.5) is 14.5 Å². The second-order valence-electron chi connectivity index (χ2n) is 2.55. The Morgan fingerprint density at radius 2 is 2.29 bits per heavy atom. The number of nitrogen functional groups attached to an aromatic ring is 1. The molecule has 0 amide bonds. The van der Waals surface area contributed by atoms with Crippen LogP contribution in [-0.2, 0) is 5.33 Å². The van der Waals surface area contributed by atoms with Crippen LogP contribution in [0.2, 0.25) is 0 Å². The van der Waals surface area contributed by atoms with Crippen LogP contribution in [0.1, 0.15) is 17.7 Å². The van der Waals surface area contributed by atoms with Gasteiger partial charge in [-0.25, -0.2) is 13.8 Å². The Hall–Kier alpha value is -0.910. The molecule has 0 radical (unpaired) electrons. The van der Waals surface area contributed by atoms with Crippen molar-refractivity contribution in [3.05, 3.63) is 17.3 Å². The third kappa shape index (κ3) is 2.12. The van der Waals surface area contributed by atoms with Crippen LogP contribution >= 0.6 is 15.9 Å². The summed E-state index contributed by atoms with van der Waals surface area (Å²) in [6.07, 6.45) is -2.65. The largest absolute Gasteiger partial charge is 0.481 e. The average Bonchev–Trinajstić information content (AvgIpc) is 2.16. The molecule has 0 aromatic carbocycles. The van der Waals surface area contributed by atoms with E-state index in [0.717, 1.165) is 0 Å². The van der Waals surface area contributed by atoms with Gasteiger partial charge < -0.3 is 10.5 Å². The lowest BCUT2D eigenvalue weighted by Gasteiger charge is -2.10. The molecule has 0 aliphatic heterocycles. The smallest absolute Gasteiger partial charge is 0.280 e. The minimum Gasteiger partial charge on any atom is -0.481 e. The van der Waals surface area contributed by atoms with E-state index in [9.17, 15) is 8.78 Å². The van der Waals surface area contributed by atoms with Gasteiger partial charge in [-0.2, -0.15) is 0 Å². The first-order chi connectivity index (χ1) is 6.60. The molecule has 0 atom stereocenters. The van der Waals surface area contributed by atoms with Crippen molar-refractivity contribution in [3.8, 4) is 5.88 Å². The Balaban J connectivity index is 3.28. The predicted octanol–water partition coefficient (Wildman–Crippen LogP) is 2.50. The molecule has 1 aromatic heterocycles. The number of anilines is 1. The fourth-order valence-corrected chi connectivity index (χ4v) is 1.63. The minimum atomic E-state index is -2.65. The van der Waals surface area contributed by atoms with Gasteiger partial charge in [-0.15, -0.1) is 0 Å². The Bertz CT molecular complexity index is 333. The molecule has 0 aliphatic carbocycles. The number of halogens is 3. The van der Waals surface area contributed by atoms with Crippen LogP contribution in [0.15, 0.2) is 6.07 Å². The zero-order valence-electron chi connectivity index (χ0n) is 7.43. The van der Waals surface area contributed by atoms with E-state index in [4.69, 9.17) is 10.5 Å². The van der Waals surface area contributed by atoms with Gasteiger partial charge in [0, 0.05) is 22.6 Å². The summed E-state index contributed by atoms with van der Waals surface area (Å²) in [7, 11) is 1.35. The predicted molar refractivity (Wildman–Crippen MR) is 52.8 cm³/mol. The van der Waals surface area contributed by atoms with Crippen molar-refractivity contribution in [2.75, 3.05) is 12.8 Å². The molecule has 0 saturated heterocycles. The minimum absolute atomic E-state index is 0.0995. The van der Waals surface area contributed by atoms with Crippen molar-refractivity contribution in [2.24, 2.45) is 0 Å². The molecule has 14 heavy (non-hydrogen) atoms. The Kier molecular flexibility index (Phi) is 3.62. The van der Waals surface area contributed by atoms with Gasteiger partial charge in [0.1, 0.15) is 5.69 Å². The van der Waals surface area contributed by atoms with Crippen molar-refractivity contribution >= 4 is 21.6 Å². The lowest BCUT2D eigenvalue weighted by molar-refractivity contribution is 0.144. The third-order valence-electron chi connectivity index (χ3n) is 1.72. The van der Waals surface area contributed by atoms with Gasteiger partial charge in [0.15, 0.2) is 0 Å². The number of methoxy groups -OCH3 is 1. The van der Waals surface area contributed by atoms with Crippen molar-refractivity contribution in [2.45, 2.75) is 11.8 Å². The van der Waals surface area contributed by atoms with Gasteiger partial charge >= 0.3 is 0 Å². The van der Waals surface area contributed by atoms with Gasteiger partial charge in [0.05, 0.1) is 7.11 Å². The highest BCUT2D eigenvalue weighted by molar-refractivity contribution is 9.08. The molecule has 0 unspecified atom stereocenters.